The number of ether oxygens (including phenoxy) is 1. The molecule has 0 radical (unpaired) electrons. The largest absolute Gasteiger partial charge is 0.378 e. The topological polar surface area (TPSA) is 44.8 Å². The van der Waals surface area contributed by atoms with Gasteiger partial charge in [-0.3, -0.25) is 0 Å². The first kappa shape index (κ1) is 15.6. The predicted molar refractivity (Wildman–Crippen MR) is 84.6 cm³/mol. The first-order chi connectivity index (χ1) is 9.95. The molecule has 0 bridgehead atoms. The zero-order valence-electron chi connectivity index (χ0n) is 13.3. The number of anilines is 1. The van der Waals surface area contributed by atoms with Crippen LogP contribution in [0, 0.1) is 0 Å². The summed E-state index contributed by atoms with van der Waals surface area (Å²) in [6, 6.07) is 8.18. The average molecular weight is 291 g/mol. The lowest BCUT2D eigenvalue weighted by molar-refractivity contribution is -0.0545. The van der Waals surface area contributed by atoms with Gasteiger partial charge < -0.3 is 19.9 Å². The number of morpholine rings is 1. The van der Waals surface area contributed by atoms with E-state index in [1.54, 1.807) is 0 Å². The number of benzene rings is 1. The molecule has 1 N–H and O–H groups in total. The molecule has 2 amide bonds. The maximum atomic E-state index is 12.2. The van der Waals surface area contributed by atoms with Gasteiger partial charge in [0.2, 0.25) is 0 Å². The Bertz CT molecular complexity index is 463. The lowest BCUT2D eigenvalue weighted by Gasteiger charge is -2.35. The number of amides is 2. The minimum atomic E-state index is -0.0197. The summed E-state index contributed by atoms with van der Waals surface area (Å²) < 4.78 is 5.64. The van der Waals surface area contributed by atoms with Crippen LogP contribution >= 0.6 is 0 Å². The van der Waals surface area contributed by atoms with Crippen LogP contribution < -0.4 is 10.2 Å². The lowest BCUT2D eigenvalue weighted by Crippen LogP contribution is -2.51. The first-order valence-corrected chi connectivity index (χ1v) is 7.40. The Morgan fingerprint density at radius 3 is 2.33 bits per heavy atom. The van der Waals surface area contributed by atoms with E-state index in [1.807, 2.05) is 45.0 Å². The highest BCUT2D eigenvalue weighted by Crippen LogP contribution is 2.13. The van der Waals surface area contributed by atoms with Crippen molar-refractivity contribution >= 4 is 11.7 Å². The average Bonchev–Trinajstić information content (AvgIpc) is 2.44. The summed E-state index contributed by atoms with van der Waals surface area (Å²) in [6.45, 7) is 5.84. The standard InChI is InChI=1S/C16H25N3O2/c1-12-10-19(11-13(2)21-12)16(20)17-9-14-5-7-15(8-6-14)18(3)4/h5-8,12-13H,9-11H2,1-4H3,(H,17,20). The smallest absolute Gasteiger partial charge is 0.317 e. The molecular formula is C16H25N3O2. The lowest BCUT2D eigenvalue weighted by atomic mass is 10.2. The Labute approximate surface area is 126 Å². The van der Waals surface area contributed by atoms with Gasteiger partial charge in [0.25, 0.3) is 0 Å². The van der Waals surface area contributed by atoms with E-state index >= 15 is 0 Å². The van der Waals surface area contributed by atoms with Crippen molar-refractivity contribution in [2.45, 2.75) is 32.6 Å². The highest BCUT2D eigenvalue weighted by molar-refractivity contribution is 5.74. The molecule has 116 valence electrons. The molecule has 0 aromatic heterocycles. The van der Waals surface area contributed by atoms with Crippen molar-refractivity contribution in [2.24, 2.45) is 0 Å². The Morgan fingerprint density at radius 2 is 1.81 bits per heavy atom. The van der Waals surface area contributed by atoms with Gasteiger partial charge in [0.15, 0.2) is 0 Å². The van der Waals surface area contributed by atoms with E-state index in [0.29, 0.717) is 19.6 Å². The number of hydrogen-bond donors (Lipinski definition) is 1. The van der Waals surface area contributed by atoms with Gasteiger partial charge >= 0.3 is 6.03 Å². The molecule has 2 atom stereocenters. The Balaban J connectivity index is 1.86. The highest BCUT2D eigenvalue weighted by Gasteiger charge is 2.25. The molecule has 21 heavy (non-hydrogen) atoms. The van der Waals surface area contributed by atoms with Gasteiger partial charge in [-0.1, -0.05) is 12.1 Å². The molecule has 1 saturated heterocycles. The van der Waals surface area contributed by atoms with Gasteiger partial charge in [-0.25, -0.2) is 4.79 Å². The zero-order valence-corrected chi connectivity index (χ0v) is 13.3. The van der Waals surface area contributed by atoms with Gasteiger partial charge in [0, 0.05) is 39.4 Å². The van der Waals surface area contributed by atoms with E-state index in [4.69, 9.17) is 4.74 Å². The fourth-order valence-corrected chi connectivity index (χ4v) is 2.55. The minimum absolute atomic E-state index is 0.0197. The number of nitrogens with one attached hydrogen (secondary N) is 1. The van der Waals surface area contributed by atoms with Gasteiger partial charge in [0.1, 0.15) is 0 Å². The number of carbonyl (C=O) groups excluding carboxylic acids is 1. The van der Waals surface area contributed by atoms with Crippen LogP contribution in [0.2, 0.25) is 0 Å². The fourth-order valence-electron chi connectivity index (χ4n) is 2.55. The Kier molecular flexibility index (Phi) is 5.07. The quantitative estimate of drug-likeness (QED) is 0.927. The van der Waals surface area contributed by atoms with Crippen LogP contribution in [0.25, 0.3) is 0 Å². The third-order valence-electron chi connectivity index (χ3n) is 3.60. The first-order valence-electron chi connectivity index (χ1n) is 7.40. The Morgan fingerprint density at radius 1 is 1.24 bits per heavy atom. The fraction of sp³-hybridized carbons (Fsp3) is 0.562. The van der Waals surface area contributed by atoms with E-state index in [-0.39, 0.29) is 18.2 Å². The second-order valence-electron chi connectivity index (χ2n) is 5.88. The van der Waals surface area contributed by atoms with Crippen LogP contribution in [0.4, 0.5) is 10.5 Å². The maximum Gasteiger partial charge on any atom is 0.317 e. The van der Waals surface area contributed by atoms with Crippen LogP contribution in [0.15, 0.2) is 24.3 Å². The number of nitrogens with zero attached hydrogens (tertiary/aromatic N) is 2. The summed E-state index contributed by atoms with van der Waals surface area (Å²) in [6.07, 6.45) is 0.192. The SMILES string of the molecule is CC1CN(C(=O)NCc2ccc(N(C)C)cc2)CC(C)O1. The summed E-state index contributed by atoms with van der Waals surface area (Å²) in [5.41, 5.74) is 2.25. The van der Waals surface area contributed by atoms with Gasteiger partial charge in [0.05, 0.1) is 12.2 Å². The summed E-state index contributed by atoms with van der Waals surface area (Å²) in [7, 11) is 4.02. The molecule has 1 fully saturated rings. The highest BCUT2D eigenvalue weighted by atomic mass is 16.5. The number of rotatable bonds is 3. The molecule has 1 aliphatic heterocycles. The predicted octanol–water partition coefficient (Wildman–Crippen LogP) is 2.07. The van der Waals surface area contributed by atoms with Crippen molar-refractivity contribution in [3.05, 3.63) is 29.8 Å². The summed E-state index contributed by atoms with van der Waals surface area (Å²) >= 11 is 0. The summed E-state index contributed by atoms with van der Waals surface area (Å²) in [5.74, 6) is 0. The molecule has 2 rings (SSSR count). The number of carbonyl (C=O) groups is 1. The summed E-state index contributed by atoms with van der Waals surface area (Å²) in [5, 5.41) is 2.98. The number of hydrogen-bond acceptors (Lipinski definition) is 3. The van der Waals surface area contributed by atoms with Crippen molar-refractivity contribution in [1.82, 2.24) is 10.2 Å². The molecule has 1 heterocycles. The van der Waals surface area contributed by atoms with Crippen molar-refractivity contribution < 1.29 is 9.53 Å². The molecule has 0 saturated carbocycles. The summed E-state index contributed by atoms with van der Waals surface area (Å²) in [4.78, 5) is 16.1. The Hall–Kier alpha value is -1.75. The van der Waals surface area contributed by atoms with Crippen LogP contribution in [0.3, 0.4) is 0 Å². The molecule has 0 spiro atoms. The van der Waals surface area contributed by atoms with Crippen molar-refractivity contribution in [2.75, 3.05) is 32.1 Å². The minimum Gasteiger partial charge on any atom is -0.378 e. The van der Waals surface area contributed by atoms with E-state index in [9.17, 15) is 4.79 Å². The van der Waals surface area contributed by atoms with Crippen LogP contribution in [0.5, 0.6) is 0 Å². The molecule has 5 heteroatoms. The third kappa shape index (κ3) is 4.36. The van der Waals surface area contributed by atoms with E-state index in [1.165, 1.54) is 0 Å². The van der Waals surface area contributed by atoms with E-state index < -0.39 is 0 Å². The molecule has 1 aromatic rings. The number of urea groups is 1. The van der Waals surface area contributed by atoms with Crippen molar-refractivity contribution in [1.29, 1.82) is 0 Å². The maximum absolute atomic E-state index is 12.2. The molecular weight excluding hydrogens is 266 g/mol. The molecule has 1 aromatic carbocycles. The van der Waals surface area contributed by atoms with Crippen LogP contribution in [-0.2, 0) is 11.3 Å². The normalized spacial score (nSPS) is 22.0. The third-order valence-corrected chi connectivity index (χ3v) is 3.60. The van der Waals surface area contributed by atoms with Gasteiger partial charge in [-0.2, -0.15) is 0 Å². The second kappa shape index (κ2) is 6.80. The van der Waals surface area contributed by atoms with Gasteiger partial charge in [-0.05, 0) is 31.5 Å². The molecule has 5 nitrogen and oxygen atoms in total. The van der Waals surface area contributed by atoms with Crippen molar-refractivity contribution in [3.8, 4) is 0 Å². The van der Waals surface area contributed by atoms with Crippen LogP contribution in [0.1, 0.15) is 19.4 Å². The van der Waals surface area contributed by atoms with Gasteiger partial charge in [-0.15, -0.1) is 0 Å². The molecule has 2 unspecified atom stereocenters. The molecule has 0 aliphatic carbocycles. The second-order valence-corrected chi connectivity index (χ2v) is 5.88. The monoisotopic (exact) mass is 291 g/mol. The van der Waals surface area contributed by atoms with Crippen LogP contribution in [-0.4, -0.2) is 50.3 Å². The zero-order chi connectivity index (χ0) is 15.4. The van der Waals surface area contributed by atoms with E-state index in [0.717, 1.165) is 11.3 Å². The van der Waals surface area contributed by atoms with E-state index in [2.05, 4.69) is 22.3 Å². The molecule has 1 aliphatic rings. The van der Waals surface area contributed by atoms with Crippen molar-refractivity contribution in [3.63, 3.8) is 0 Å².